The maximum Gasteiger partial charge on any atom is 0.269 e. The summed E-state index contributed by atoms with van der Waals surface area (Å²) in [5, 5.41) is 24.0. The standard InChI is InChI=1S/C15H15ClN2O3/c16-13-6-4-12(5-7-13)15(10-19)17-9-11-2-1-3-14(8-11)18(20)21/h1-8,15,17,19H,9-10H2. The fraction of sp³-hybridized carbons (Fsp3) is 0.200. The summed E-state index contributed by atoms with van der Waals surface area (Å²) in [4.78, 5) is 10.3. The van der Waals surface area contributed by atoms with E-state index in [1.807, 2.05) is 12.1 Å². The molecule has 0 aliphatic heterocycles. The van der Waals surface area contributed by atoms with Crippen molar-refractivity contribution in [3.63, 3.8) is 0 Å². The summed E-state index contributed by atoms with van der Waals surface area (Å²) in [5.74, 6) is 0. The Labute approximate surface area is 127 Å². The Morgan fingerprint density at radius 3 is 2.57 bits per heavy atom. The molecule has 2 aromatic carbocycles. The fourth-order valence-corrected chi connectivity index (χ4v) is 2.13. The Morgan fingerprint density at radius 2 is 1.95 bits per heavy atom. The van der Waals surface area contributed by atoms with E-state index in [1.165, 1.54) is 12.1 Å². The second-order valence-electron chi connectivity index (χ2n) is 4.59. The number of nitrogens with zero attached hydrogens (tertiary/aromatic N) is 1. The second kappa shape index (κ2) is 7.17. The summed E-state index contributed by atoms with van der Waals surface area (Å²) in [5.41, 5.74) is 1.75. The molecule has 0 bridgehead atoms. The van der Waals surface area contributed by atoms with E-state index in [9.17, 15) is 15.2 Å². The first kappa shape index (κ1) is 15.4. The summed E-state index contributed by atoms with van der Waals surface area (Å²) in [6, 6.07) is 13.4. The second-order valence-corrected chi connectivity index (χ2v) is 5.03. The lowest BCUT2D eigenvalue weighted by atomic mass is 10.1. The minimum atomic E-state index is -0.424. The molecule has 2 N–H and O–H groups in total. The molecular formula is C15H15ClN2O3. The molecule has 0 aromatic heterocycles. The zero-order chi connectivity index (χ0) is 15.2. The number of hydrogen-bond donors (Lipinski definition) is 2. The number of nitro groups is 1. The van der Waals surface area contributed by atoms with Crippen molar-refractivity contribution in [1.82, 2.24) is 5.32 Å². The number of nitro benzene ring substituents is 1. The third kappa shape index (κ3) is 4.26. The largest absolute Gasteiger partial charge is 0.394 e. The van der Waals surface area contributed by atoms with Gasteiger partial charge in [-0.15, -0.1) is 0 Å². The first-order chi connectivity index (χ1) is 10.1. The highest BCUT2D eigenvalue weighted by Gasteiger charge is 2.11. The van der Waals surface area contributed by atoms with Gasteiger partial charge in [0.2, 0.25) is 0 Å². The summed E-state index contributed by atoms with van der Waals surface area (Å²) in [6.45, 7) is 0.353. The van der Waals surface area contributed by atoms with Crippen LogP contribution in [0.2, 0.25) is 5.02 Å². The van der Waals surface area contributed by atoms with Gasteiger partial charge in [-0.25, -0.2) is 0 Å². The number of rotatable bonds is 6. The molecule has 0 radical (unpaired) electrons. The van der Waals surface area contributed by atoms with Gasteiger partial charge in [-0.05, 0) is 23.3 Å². The molecule has 1 unspecified atom stereocenters. The molecule has 0 aliphatic carbocycles. The van der Waals surface area contributed by atoms with E-state index in [2.05, 4.69) is 5.32 Å². The number of aliphatic hydroxyl groups excluding tert-OH is 1. The minimum Gasteiger partial charge on any atom is -0.394 e. The van der Waals surface area contributed by atoms with Crippen molar-refractivity contribution in [2.75, 3.05) is 6.61 Å². The number of nitrogens with one attached hydrogen (secondary N) is 1. The Balaban J connectivity index is 2.04. The van der Waals surface area contributed by atoms with E-state index in [0.717, 1.165) is 11.1 Å². The van der Waals surface area contributed by atoms with E-state index in [4.69, 9.17) is 11.6 Å². The highest BCUT2D eigenvalue weighted by atomic mass is 35.5. The van der Waals surface area contributed by atoms with Crippen LogP contribution >= 0.6 is 11.6 Å². The molecule has 2 rings (SSSR count). The summed E-state index contributed by atoms with van der Waals surface area (Å²) >= 11 is 5.83. The molecule has 6 heteroatoms. The van der Waals surface area contributed by atoms with Gasteiger partial charge in [-0.2, -0.15) is 0 Å². The van der Waals surface area contributed by atoms with Gasteiger partial charge in [0, 0.05) is 23.7 Å². The lowest BCUT2D eigenvalue weighted by molar-refractivity contribution is -0.384. The highest BCUT2D eigenvalue weighted by molar-refractivity contribution is 6.30. The van der Waals surface area contributed by atoms with Crippen LogP contribution in [0.5, 0.6) is 0 Å². The van der Waals surface area contributed by atoms with Gasteiger partial charge in [0.15, 0.2) is 0 Å². The number of halogens is 1. The highest BCUT2D eigenvalue weighted by Crippen LogP contribution is 2.18. The van der Waals surface area contributed by atoms with E-state index in [0.29, 0.717) is 11.6 Å². The Hall–Kier alpha value is -1.95. The summed E-state index contributed by atoms with van der Waals surface area (Å²) < 4.78 is 0. The topological polar surface area (TPSA) is 75.4 Å². The monoisotopic (exact) mass is 306 g/mol. The molecule has 2 aromatic rings. The molecule has 0 fully saturated rings. The lowest BCUT2D eigenvalue weighted by Gasteiger charge is -2.16. The van der Waals surface area contributed by atoms with E-state index in [1.54, 1.807) is 24.3 Å². The van der Waals surface area contributed by atoms with Crippen LogP contribution < -0.4 is 5.32 Å². The zero-order valence-corrected chi connectivity index (χ0v) is 12.0. The van der Waals surface area contributed by atoms with Crippen molar-refractivity contribution in [2.45, 2.75) is 12.6 Å². The SMILES string of the molecule is O=[N+]([O-])c1cccc(CNC(CO)c2ccc(Cl)cc2)c1. The molecule has 0 saturated heterocycles. The van der Waals surface area contributed by atoms with Crippen LogP contribution in [-0.2, 0) is 6.54 Å². The number of aliphatic hydroxyl groups is 1. The van der Waals surface area contributed by atoms with Crippen LogP contribution in [0.3, 0.4) is 0 Å². The predicted molar refractivity (Wildman–Crippen MR) is 81.2 cm³/mol. The predicted octanol–water partition coefficient (Wildman–Crippen LogP) is 3.07. The number of hydrogen-bond acceptors (Lipinski definition) is 4. The molecule has 110 valence electrons. The maximum atomic E-state index is 10.7. The van der Waals surface area contributed by atoms with Gasteiger partial charge in [0.25, 0.3) is 5.69 Å². The Bertz CT molecular complexity index is 617. The van der Waals surface area contributed by atoms with Crippen molar-refractivity contribution in [1.29, 1.82) is 0 Å². The molecule has 21 heavy (non-hydrogen) atoms. The van der Waals surface area contributed by atoms with Crippen LogP contribution in [0.15, 0.2) is 48.5 Å². The van der Waals surface area contributed by atoms with Gasteiger partial charge >= 0.3 is 0 Å². The first-order valence-electron chi connectivity index (χ1n) is 6.43. The van der Waals surface area contributed by atoms with Gasteiger partial charge < -0.3 is 10.4 Å². The molecule has 0 heterocycles. The molecule has 5 nitrogen and oxygen atoms in total. The van der Waals surface area contributed by atoms with E-state index >= 15 is 0 Å². The van der Waals surface area contributed by atoms with Crippen molar-refractivity contribution in [2.24, 2.45) is 0 Å². The van der Waals surface area contributed by atoms with Crippen LogP contribution in [-0.4, -0.2) is 16.6 Å². The molecule has 0 spiro atoms. The third-order valence-electron chi connectivity index (χ3n) is 3.13. The van der Waals surface area contributed by atoms with Crippen LogP contribution in [0.25, 0.3) is 0 Å². The van der Waals surface area contributed by atoms with Crippen LogP contribution in [0.4, 0.5) is 5.69 Å². The van der Waals surface area contributed by atoms with Gasteiger partial charge in [0.1, 0.15) is 0 Å². The van der Waals surface area contributed by atoms with Crippen molar-refractivity contribution in [3.05, 3.63) is 74.8 Å². The van der Waals surface area contributed by atoms with E-state index in [-0.39, 0.29) is 18.3 Å². The van der Waals surface area contributed by atoms with Crippen LogP contribution in [0, 0.1) is 10.1 Å². The van der Waals surface area contributed by atoms with Crippen molar-refractivity contribution < 1.29 is 10.0 Å². The van der Waals surface area contributed by atoms with Crippen molar-refractivity contribution in [3.8, 4) is 0 Å². The molecule has 0 saturated carbocycles. The molecule has 0 aliphatic rings. The normalized spacial score (nSPS) is 12.1. The first-order valence-corrected chi connectivity index (χ1v) is 6.81. The third-order valence-corrected chi connectivity index (χ3v) is 3.38. The Morgan fingerprint density at radius 1 is 1.24 bits per heavy atom. The van der Waals surface area contributed by atoms with Gasteiger partial charge in [-0.3, -0.25) is 10.1 Å². The smallest absolute Gasteiger partial charge is 0.269 e. The average Bonchev–Trinajstić information content (AvgIpc) is 2.50. The average molecular weight is 307 g/mol. The van der Waals surface area contributed by atoms with Crippen LogP contribution in [0.1, 0.15) is 17.2 Å². The summed E-state index contributed by atoms with van der Waals surface area (Å²) in [7, 11) is 0. The molecule has 0 amide bonds. The summed E-state index contributed by atoms with van der Waals surface area (Å²) in [6.07, 6.45) is 0. The fourth-order valence-electron chi connectivity index (χ4n) is 2.00. The van der Waals surface area contributed by atoms with Gasteiger partial charge in [0.05, 0.1) is 17.6 Å². The molecule has 1 atom stereocenters. The van der Waals surface area contributed by atoms with Crippen molar-refractivity contribution >= 4 is 17.3 Å². The maximum absolute atomic E-state index is 10.7. The minimum absolute atomic E-state index is 0.0568. The molecular weight excluding hydrogens is 292 g/mol. The number of non-ortho nitro benzene ring substituents is 1. The number of benzene rings is 2. The van der Waals surface area contributed by atoms with E-state index < -0.39 is 4.92 Å². The quantitative estimate of drug-likeness (QED) is 0.635. The van der Waals surface area contributed by atoms with Gasteiger partial charge in [-0.1, -0.05) is 35.9 Å². The zero-order valence-electron chi connectivity index (χ0n) is 11.2. The Kier molecular flexibility index (Phi) is 5.27. The lowest BCUT2D eigenvalue weighted by Crippen LogP contribution is -2.23.